The van der Waals surface area contributed by atoms with Crippen molar-refractivity contribution in [3.05, 3.63) is 58.5 Å². The molecule has 6 heteroatoms. The van der Waals surface area contributed by atoms with Crippen LogP contribution in [0.25, 0.3) is 11.1 Å². The lowest BCUT2D eigenvalue weighted by Gasteiger charge is -2.31. The van der Waals surface area contributed by atoms with Crippen LogP contribution in [0.1, 0.15) is 23.2 Å². The number of benzene rings is 1. The van der Waals surface area contributed by atoms with E-state index in [1.807, 2.05) is 18.3 Å². The van der Waals surface area contributed by atoms with Gasteiger partial charge < -0.3 is 18.9 Å². The highest BCUT2D eigenvalue weighted by Crippen LogP contribution is 2.17. The highest BCUT2D eigenvalue weighted by atomic mass is 16.5. The van der Waals surface area contributed by atoms with Gasteiger partial charge in [0.25, 0.3) is 5.56 Å². The summed E-state index contributed by atoms with van der Waals surface area (Å²) in [6, 6.07) is 11.1. The number of pyridine rings is 1. The Hall–Kier alpha value is -2.44. The molecule has 0 N–H and O–H groups in total. The molecule has 1 aliphatic rings. The number of esters is 1. The number of hydrogen-bond acceptors (Lipinski definition) is 5. The summed E-state index contributed by atoms with van der Waals surface area (Å²) in [6.45, 7) is 3.08. The summed E-state index contributed by atoms with van der Waals surface area (Å²) in [5.74, 6) is -0.386. The third-order valence-electron chi connectivity index (χ3n) is 5.14. The number of methoxy groups -OCH3 is 1. The van der Waals surface area contributed by atoms with E-state index in [2.05, 4.69) is 11.9 Å². The van der Waals surface area contributed by atoms with Crippen molar-refractivity contribution in [2.45, 2.75) is 25.4 Å². The summed E-state index contributed by atoms with van der Waals surface area (Å²) in [4.78, 5) is 26.7. The quantitative estimate of drug-likeness (QED) is 0.731. The molecular formula is C21H26N2O4. The Kier molecular flexibility index (Phi) is 6.42. The zero-order valence-corrected chi connectivity index (χ0v) is 15.9. The molecule has 27 heavy (non-hydrogen) atoms. The van der Waals surface area contributed by atoms with Gasteiger partial charge in [-0.25, -0.2) is 4.79 Å². The predicted octanol–water partition coefficient (Wildman–Crippen LogP) is 2.41. The molecule has 1 aromatic carbocycles. The van der Waals surface area contributed by atoms with Crippen LogP contribution in [0.3, 0.4) is 0 Å². The first-order valence-electron chi connectivity index (χ1n) is 9.26. The second kappa shape index (κ2) is 8.97. The number of nitrogens with zero attached hydrogens (tertiary/aromatic N) is 2. The van der Waals surface area contributed by atoms with Crippen molar-refractivity contribution in [3.8, 4) is 11.1 Å². The first-order valence-corrected chi connectivity index (χ1v) is 9.26. The maximum Gasteiger partial charge on any atom is 0.337 e. The van der Waals surface area contributed by atoms with Crippen molar-refractivity contribution in [2.24, 2.45) is 0 Å². The van der Waals surface area contributed by atoms with Crippen LogP contribution in [-0.2, 0) is 16.0 Å². The smallest absolute Gasteiger partial charge is 0.337 e. The summed E-state index contributed by atoms with van der Waals surface area (Å²) in [7, 11) is 3.46. The Bertz CT molecular complexity index is 823. The zero-order valence-electron chi connectivity index (χ0n) is 15.9. The van der Waals surface area contributed by atoms with Crippen LogP contribution in [0, 0.1) is 0 Å². The molecule has 6 nitrogen and oxygen atoms in total. The fourth-order valence-electron chi connectivity index (χ4n) is 3.41. The molecule has 0 atom stereocenters. The average molecular weight is 370 g/mol. The van der Waals surface area contributed by atoms with Crippen LogP contribution >= 0.6 is 0 Å². The van der Waals surface area contributed by atoms with Crippen LogP contribution in [0.15, 0.2) is 47.4 Å². The first kappa shape index (κ1) is 19.3. The largest absolute Gasteiger partial charge is 0.465 e. The van der Waals surface area contributed by atoms with Gasteiger partial charge in [0.2, 0.25) is 0 Å². The topological polar surface area (TPSA) is 60.8 Å². The zero-order chi connectivity index (χ0) is 19.2. The van der Waals surface area contributed by atoms with Gasteiger partial charge in [-0.3, -0.25) is 4.79 Å². The molecule has 1 fully saturated rings. The van der Waals surface area contributed by atoms with Gasteiger partial charge in [0.05, 0.1) is 12.7 Å². The fourth-order valence-corrected chi connectivity index (χ4v) is 3.41. The molecule has 0 bridgehead atoms. The minimum absolute atomic E-state index is 0.0244. The summed E-state index contributed by atoms with van der Waals surface area (Å²) in [5.41, 5.74) is 1.86. The molecule has 0 unspecified atom stereocenters. The van der Waals surface area contributed by atoms with Crippen molar-refractivity contribution in [1.82, 2.24) is 9.47 Å². The van der Waals surface area contributed by atoms with Gasteiger partial charge in [-0.2, -0.15) is 0 Å². The van der Waals surface area contributed by atoms with Crippen LogP contribution in [-0.4, -0.2) is 55.4 Å². The molecule has 1 aliphatic heterocycles. The van der Waals surface area contributed by atoms with Gasteiger partial charge in [0, 0.05) is 44.1 Å². The van der Waals surface area contributed by atoms with E-state index in [0.29, 0.717) is 23.7 Å². The van der Waals surface area contributed by atoms with Crippen LogP contribution < -0.4 is 5.56 Å². The maximum absolute atomic E-state index is 12.9. The van der Waals surface area contributed by atoms with Gasteiger partial charge in [-0.15, -0.1) is 0 Å². The van der Waals surface area contributed by atoms with Gasteiger partial charge in [0.15, 0.2) is 0 Å². The Labute approximate surface area is 159 Å². The minimum Gasteiger partial charge on any atom is -0.465 e. The van der Waals surface area contributed by atoms with Crippen LogP contribution in [0.4, 0.5) is 0 Å². The van der Waals surface area contributed by atoms with Crippen molar-refractivity contribution in [1.29, 1.82) is 0 Å². The fraction of sp³-hybridized carbons (Fsp3) is 0.429. The van der Waals surface area contributed by atoms with E-state index in [-0.39, 0.29) is 11.5 Å². The Morgan fingerprint density at radius 3 is 2.59 bits per heavy atom. The number of ether oxygens (including phenoxy) is 2. The highest BCUT2D eigenvalue weighted by Gasteiger charge is 2.18. The lowest BCUT2D eigenvalue weighted by atomic mass is 10.1. The molecule has 2 aromatic rings. The lowest BCUT2D eigenvalue weighted by molar-refractivity contribution is 0.0420. The summed E-state index contributed by atoms with van der Waals surface area (Å²) in [5, 5.41) is 0. The van der Waals surface area contributed by atoms with E-state index in [1.54, 1.807) is 28.8 Å². The van der Waals surface area contributed by atoms with E-state index in [9.17, 15) is 9.59 Å². The third kappa shape index (κ3) is 4.64. The monoisotopic (exact) mass is 370 g/mol. The predicted molar refractivity (Wildman–Crippen MR) is 104 cm³/mol. The van der Waals surface area contributed by atoms with E-state index >= 15 is 0 Å². The maximum atomic E-state index is 12.9. The van der Waals surface area contributed by atoms with Crippen LogP contribution in [0.5, 0.6) is 0 Å². The van der Waals surface area contributed by atoms with Gasteiger partial charge in [-0.05, 0) is 49.7 Å². The van der Waals surface area contributed by atoms with Gasteiger partial charge in [0.1, 0.15) is 0 Å². The molecule has 0 radical (unpaired) electrons. The molecule has 1 saturated heterocycles. The first-order chi connectivity index (χ1) is 13.1. The van der Waals surface area contributed by atoms with Crippen molar-refractivity contribution in [2.75, 3.05) is 33.9 Å². The number of aromatic nitrogens is 1. The minimum atomic E-state index is -0.386. The molecule has 2 heterocycles. The van der Waals surface area contributed by atoms with E-state index < -0.39 is 0 Å². The summed E-state index contributed by atoms with van der Waals surface area (Å²) < 4.78 is 11.9. The highest BCUT2D eigenvalue weighted by molar-refractivity contribution is 5.89. The molecule has 144 valence electrons. The molecule has 3 rings (SSSR count). The molecular weight excluding hydrogens is 344 g/mol. The van der Waals surface area contributed by atoms with Gasteiger partial charge in [-0.1, -0.05) is 12.1 Å². The van der Waals surface area contributed by atoms with E-state index in [0.717, 1.165) is 38.2 Å². The number of rotatable bonds is 6. The SMILES string of the molecule is COC(=O)c1ccc(-c2cccn(CCN(C)C3CCOCC3)c2=O)cc1. The van der Waals surface area contributed by atoms with Crippen molar-refractivity contribution < 1.29 is 14.3 Å². The number of carbonyl (C=O) groups excluding carboxylic acids is 1. The molecule has 0 aliphatic carbocycles. The second-order valence-corrected chi connectivity index (χ2v) is 6.81. The summed E-state index contributed by atoms with van der Waals surface area (Å²) >= 11 is 0. The normalized spacial score (nSPS) is 15.1. The third-order valence-corrected chi connectivity index (χ3v) is 5.14. The van der Waals surface area contributed by atoms with E-state index in [4.69, 9.17) is 9.47 Å². The lowest BCUT2D eigenvalue weighted by Crippen LogP contribution is -2.39. The Morgan fingerprint density at radius 1 is 1.22 bits per heavy atom. The number of likely N-dealkylation sites (N-methyl/N-ethyl adjacent to an activating group) is 1. The summed E-state index contributed by atoms with van der Waals surface area (Å²) in [6.07, 6.45) is 3.91. The van der Waals surface area contributed by atoms with Crippen LogP contribution in [0.2, 0.25) is 0 Å². The second-order valence-electron chi connectivity index (χ2n) is 6.81. The molecule has 0 saturated carbocycles. The van der Waals surface area contributed by atoms with Crippen molar-refractivity contribution in [3.63, 3.8) is 0 Å². The Balaban J connectivity index is 1.72. The van der Waals surface area contributed by atoms with Crippen molar-refractivity contribution >= 4 is 5.97 Å². The molecule has 0 spiro atoms. The Morgan fingerprint density at radius 2 is 1.93 bits per heavy atom. The van der Waals surface area contributed by atoms with Gasteiger partial charge >= 0.3 is 5.97 Å². The van der Waals surface area contributed by atoms with E-state index in [1.165, 1.54) is 7.11 Å². The molecule has 1 aromatic heterocycles. The molecule has 0 amide bonds. The average Bonchev–Trinajstić information content (AvgIpc) is 2.73. The number of hydrogen-bond donors (Lipinski definition) is 0. The number of carbonyl (C=O) groups is 1. The standard InChI is InChI=1S/C21H26N2O4/c1-22(18-9-14-27-15-10-18)12-13-23-11-3-4-19(20(23)24)16-5-7-17(8-6-16)21(25)26-2/h3-8,11,18H,9-10,12-15H2,1-2H3.